The van der Waals surface area contributed by atoms with E-state index in [0.29, 0.717) is 36.7 Å². The van der Waals surface area contributed by atoms with Crippen molar-refractivity contribution in [3.8, 4) is 0 Å². The molecule has 164 valence electrons. The van der Waals surface area contributed by atoms with Crippen molar-refractivity contribution in [3.63, 3.8) is 0 Å². The first-order valence-corrected chi connectivity index (χ1v) is 12.2. The first-order valence-electron chi connectivity index (χ1n) is 11.4. The predicted octanol–water partition coefficient (Wildman–Crippen LogP) is 4.73. The summed E-state index contributed by atoms with van der Waals surface area (Å²) >= 11 is 1.67. The van der Waals surface area contributed by atoms with Crippen LogP contribution < -0.4 is 5.32 Å². The monoisotopic (exact) mass is 438 g/mol. The number of nitrogens with one attached hydrogen (secondary N) is 1. The Morgan fingerprint density at radius 1 is 1.26 bits per heavy atom. The highest BCUT2D eigenvalue weighted by atomic mass is 32.2. The Bertz CT molecular complexity index is 968. The molecule has 1 saturated carbocycles. The molecule has 2 fully saturated rings. The number of hydrogen-bond donors (Lipinski definition) is 1. The average Bonchev–Trinajstić information content (AvgIpc) is 2.76. The van der Waals surface area contributed by atoms with Gasteiger partial charge in [-0.15, -0.1) is 0 Å². The fourth-order valence-corrected chi connectivity index (χ4v) is 6.50. The molecule has 3 aliphatic rings. The van der Waals surface area contributed by atoms with Crippen LogP contribution in [0.3, 0.4) is 0 Å². The molecule has 0 radical (unpaired) electrons. The zero-order valence-corrected chi connectivity index (χ0v) is 19.0. The number of nitrogens with zero attached hydrogens (tertiary/aromatic N) is 3. The molecule has 1 aromatic heterocycles. The Balaban J connectivity index is 1.28. The number of piperidine rings is 1. The molecule has 2 aromatic rings. The van der Waals surface area contributed by atoms with Crippen LogP contribution in [-0.2, 0) is 16.1 Å². The van der Waals surface area contributed by atoms with Gasteiger partial charge in [-0.2, -0.15) is 0 Å². The van der Waals surface area contributed by atoms with E-state index in [4.69, 9.17) is 4.74 Å². The maximum Gasteiger partial charge on any atom is 0.306 e. The number of anilines is 2. The molecule has 1 aromatic carbocycles. The number of carbonyl (C=O) groups excluding carboxylic acids is 1. The first kappa shape index (κ1) is 20.8. The predicted molar refractivity (Wildman–Crippen MR) is 121 cm³/mol. The molecular formula is C24H30N4O2S. The minimum atomic E-state index is -0.0216. The summed E-state index contributed by atoms with van der Waals surface area (Å²) < 4.78 is 5.27. The fraction of sp³-hybridized carbons (Fsp3) is 0.542. The van der Waals surface area contributed by atoms with Crippen LogP contribution in [0.4, 0.5) is 11.5 Å². The highest BCUT2D eigenvalue weighted by molar-refractivity contribution is 7.99. The zero-order valence-electron chi connectivity index (χ0n) is 18.2. The second-order valence-corrected chi connectivity index (χ2v) is 10.1. The molecule has 1 N–H and O–H groups in total. The molecule has 6 nitrogen and oxygen atoms in total. The van der Waals surface area contributed by atoms with Crippen LogP contribution in [0.2, 0.25) is 0 Å². The van der Waals surface area contributed by atoms with Crippen molar-refractivity contribution in [2.45, 2.75) is 49.6 Å². The van der Waals surface area contributed by atoms with E-state index in [9.17, 15) is 4.79 Å². The topological polar surface area (TPSA) is 67.3 Å². The maximum atomic E-state index is 12.2. The summed E-state index contributed by atoms with van der Waals surface area (Å²) in [6.45, 7) is 7.81. The molecule has 31 heavy (non-hydrogen) atoms. The molecule has 4 unspecified atom stereocenters. The molecule has 0 spiro atoms. The third kappa shape index (κ3) is 4.30. The number of aromatic nitrogens is 2. The fourth-order valence-electron chi connectivity index (χ4n) is 5.62. The standard InChI is InChI=1S/C24H30N4O2S/c1-3-30-22(29)11-18-17-6-4-15(2)19(18)14-28(13-17)12-16-5-7-21-20(10-16)27-23-24(31-21)26-9-8-25-23/h5,7-10,15,17-19H,3-4,6,11-14H2,1-2H3,(H,25,27). The molecule has 7 heteroatoms. The third-order valence-electron chi connectivity index (χ3n) is 7.12. The lowest BCUT2D eigenvalue weighted by Crippen LogP contribution is -2.51. The van der Waals surface area contributed by atoms with Gasteiger partial charge in [-0.05, 0) is 54.7 Å². The summed E-state index contributed by atoms with van der Waals surface area (Å²) in [5.74, 6) is 3.11. The van der Waals surface area contributed by atoms with Crippen molar-refractivity contribution in [2.75, 3.05) is 25.0 Å². The van der Waals surface area contributed by atoms with E-state index in [-0.39, 0.29) is 5.97 Å². The van der Waals surface area contributed by atoms with Crippen LogP contribution in [0.1, 0.15) is 38.7 Å². The second kappa shape index (κ2) is 8.79. The van der Waals surface area contributed by atoms with E-state index in [1.54, 1.807) is 24.2 Å². The van der Waals surface area contributed by atoms with Crippen LogP contribution in [0.25, 0.3) is 0 Å². The minimum Gasteiger partial charge on any atom is -0.466 e. The van der Waals surface area contributed by atoms with Crippen molar-refractivity contribution < 1.29 is 9.53 Å². The van der Waals surface area contributed by atoms with Gasteiger partial charge in [-0.25, -0.2) is 9.97 Å². The molecule has 0 amide bonds. The number of fused-ring (bicyclic) bond motifs is 4. The largest absolute Gasteiger partial charge is 0.466 e. The summed E-state index contributed by atoms with van der Waals surface area (Å²) in [6, 6.07) is 6.68. The molecule has 4 atom stereocenters. The lowest BCUT2D eigenvalue weighted by atomic mass is 9.63. The lowest BCUT2D eigenvalue weighted by molar-refractivity contribution is -0.147. The van der Waals surface area contributed by atoms with Crippen LogP contribution in [0.15, 0.2) is 40.5 Å². The SMILES string of the molecule is CCOC(=O)CC1C2CCC(C)C1CN(Cc1ccc3c(c1)Nc1nccnc1S3)C2. The van der Waals surface area contributed by atoms with Crippen LogP contribution in [0, 0.1) is 23.7 Å². The van der Waals surface area contributed by atoms with Crippen molar-refractivity contribution in [1.29, 1.82) is 0 Å². The molecule has 5 rings (SSSR count). The Morgan fingerprint density at radius 3 is 3.00 bits per heavy atom. The number of hydrogen-bond acceptors (Lipinski definition) is 7. The average molecular weight is 439 g/mol. The summed E-state index contributed by atoms with van der Waals surface area (Å²) in [6.07, 6.45) is 6.54. The Hall–Kier alpha value is -2.12. The molecule has 1 saturated heterocycles. The van der Waals surface area contributed by atoms with E-state index in [1.807, 2.05) is 6.92 Å². The third-order valence-corrected chi connectivity index (χ3v) is 8.19. The highest BCUT2D eigenvalue weighted by Gasteiger charge is 2.43. The molecule has 2 aliphatic heterocycles. The smallest absolute Gasteiger partial charge is 0.306 e. The van der Waals surface area contributed by atoms with Gasteiger partial charge in [0.25, 0.3) is 0 Å². The van der Waals surface area contributed by atoms with Gasteiger partial charge in [0.2, 0.25) is 0 Å². The van der Waals surface area contributed by atoms with Crippen molar-refractivity contribution in [2.24, 2.45) is 23.7 Å². The number of esters is 1. The van der Waals surface area contributed by atoms with Gasteiger partial charge >= 0.3 is 5.97 Å². The van der Waals surface area contributed by atoms with Gasteiger partial charge in [0, 0.05) is 43.3 Å². The molecule has 2 bridgehead atoms. The normalized spacial score (nSPS) is 27.0. The van der Waals surface area contributed by atoms with Gasteiger partial charge in [0.15, 0.2) is 5.82 Å². The van der Waals surface area contributed by atoms with Crippen molar-refractivity contribution >= 4 is 29.2 Å². The van der Waals surface area contributed by atoms with Gasteiger partial charge in [0.05, 0.1) is 12.3 Å². The number of carbonyl (C=O) groups is 1. The van der Waals surface area contributed by atoms with Crippen molar-refractivity contribution in [1.82, 2.24) is 14.9 Å². The van der Waals surface area contributed by atoms with E-state index in [2.05, 4.69) is 45.3 Å². The zero-order chi connectivity index (χ0) is 21.4. The first-order chi connectivity index (χ1) is 15.1. The van der Waals surface area contributed by atoms with Crippen LogP contribution in [0.5, 0.6) is 0 Å². The van der Waals surface area contributed by atoms with E-state index < -0.39 is 0 Å². The van der Waals surface area contributed by atoms with E-state index >= 15 is 0 Å². The summed E-state index contributed by atoms with van der Waals surface area (Å²) in [7, 11) is 0. The van der Waals surface area contributed by atoms with Crippen molar-refractivity contribution in [3.05, 3.63) is 36.2 Å². The van der Waals surface area contributed by atoms with Gasteiger partial charge in [0.1, 0.15) is 5.03 Å². The molecular weight excluding hydrogens is 408 g/mol. The Labute approximate surface area is 188 Å². The summed E-state index contributed by atoms with van der Waals surface area (Å²) in [5.41, 5.74) is 2.43. The van der Waals surface area contributed by atoms with Crippen LogP contribution >= 0.6 is 11.8 Å². The Kier molecular flexibility index (Phi) is 5.89. The summed E-state index contributed by atoms with van der Waals surface area (Å²) in [4.78, 5) is 24.8. The summed E-state index contributed by atoms with van der Waals surface area (Å²) in [5, 5.41) is 4.37. The number of rotatable bonds is 5. The number of ether oxygens (including phenoxy) is 1. The van der Waals surface area contributed by atoms with Gasteiger partial charge < -0.3 is 10.1 Å². The van der Waals surface area contributed by atoms with E-state index in [1.165, 1.54) is 23.3 Å². The molecule has 1 aliphatic carbocycles. The lowest BCUT2D eigenvalue weighted by Gasteiger charge is -2.50. The maximum absolute atomic E-state index is 12.2. The number of benzene rings is 1. The second-order valence-electron chi connectivity index (χ2n) is 9.11. The number of likely N-dealkylation sites (tertiary alicyclic amines) is 1. The van der Waals surface area contributed by atoms with Gasteiger partial charge in [-0.1, -0.05) is 31.2 Å². The van der Waals surface area contributed by atoms with Gasteiger partial charge in [-0.3, -0.25) is 9.69 Å². The minimum absolute atomic E-state index is 0.0216. The van der Waals surface area contributed by atoms with Crippen LogP contribution in [-0.4, -0.2) is 40.5 Å². The highest BCUT2D eigenvalue weighted by Crippen LogP contribution is 2.46. The Morgan fingerprint density at radius 2 is 2.13 bits per heavy atom. The molecule has 3 heterocycles. The quantitative estimate of drug-likeness (QED) is 0.578. The van der Waals surface area contributed by atoms with E-state index in [0.717, 1.165) is 36.2 Å².